The summed E-state index contributed by atoms with van der Waals surface area (Å²) < 4.78 is 5.11. The minimum atomic E-state index is 0.185. The molecule has 102 valence electrons. The summed E-state index contributed by atoms with van der Waals surface area (Å²) >= 11 is 6.17. The first-order valence-electron chi connectivity index (χ1n) is 7.04. The van der Waals surface area contributed by atoms with Gasteiger partial charge in [0, 0.05) is 12.0 Å². The molecule has 0 aliphatic heterocycles. The van der Waals surface area contributed by atoms with Gasteiger partial charge >= 0.3 is 0 Å². The van der Waals surface area contributed by atoms with E-state index in [-0.39, 0.29) is 5.78 Å². The van der Waals surface area contributed by atoms with Gasteiger partial charge < -0.3 is 4.74 Å². The number of Topliss-reactive ketones (excluding diaryl/α,β-unsaturated/α-hetero) is 1. The summed E-state index contributed by atoms with van der Waals surface area (Å²) in [6, 6.07) is 5.31. The molecule has 2 saturated carbocycles. The van der Waals surface area contributed by atoms with E-state index in [0.29, 0.717) is 28.7 Å². The Kier molecular flexibility index (Phi) is 3.53. The normalized spacial score (nSPS) is 28.6. The highest BCUT2D eigenvalue weighted by atomic mass is 35.5. The molecule has 2 fully saturated rings. The van der Waals surface area contributed by atoms with E-state index in [1.807, 2.05) is 0 Å². The van der Waals surface area contributed by atoms with E-state index in [0.717, 1.165) is 11.8 Å². The zero-order valence-corrected chi connectivity index (χ0v) is 12.0. The fourth-order valence-electron chi connectivity index (χ4n) is 3.82. The van der Waals surface area contributed by atoms with Crippen molar-refractivity contribution < 1.29 is 9.53 Å². The van der Waals surface area contributed by atoms with Crippen molar-refractivity contribution in [1.82, 2.24) is 0 Å². The number of methoxy groups -OCH3 is 1. The Morgan fingerprint density at radius 1 is 1.37 bits per heavy atom. The number of carbonyl (C=O) groups is 1. The lowest BCUT2D eigenvalue weighted by atomic mass is 9.84. The van der Waals surface area contributed by atoms with Gasteiger partial charge in [0.1, 0.15) is 5.75 Å². The molecule has 2 bridgehead atoms. The quantitative estimate of drug-likeness (QED) is 0.765. The van der Waals surface area contributed by atoms with Crippen LogP contribution in [0.25, 0.3) is 0 Å². The van der Waals surface area contributed by atoms with Crippen LogP contribution in [0.5, 0.6) is 5.75 Å². The van der Waals surface area contributed by atoms with Gasteiger partial charge in [-0.15, -0.1) is 0 Å². The largest absolute Gasteiger partial charge is 0.497 e. The first-order valence-corrected chi connectivity index (χ1v) is 7.42. The first kappa shape index (κ1) is 13.0. The summed E-state index contributed by atoms with van der Waals surface area (Å²) in [5.74, 6) is 3.14. The number of carbonyl (C=O) groups excluding carboxylic acids is 1. The molecule has 3 heteroatoms. The van der Waals surface area contributed by atoms with Crippen molar-refractivity contribution in [3.63, 3.8) is 0 Å². The summed E-state index contributed by atoms with van der Waals surface area (Å²) in [5.41, 5.74) is 0.644. The van der Waals surface area contributed by atoms with Crippen LogP contribution in [0, 0.1) is 17.8 Å². The zero-order valence-electron chi connectivity index (χ0n) is 11.2. The fourth-order valence-corrected chi connectivity index (χ4v) is 4.10. The zero-order chi connectivity index (χ0) is 13.4. The van der Waals surface area contributed by atoms with Crippen LogP contribution in [-0.2, 0) is 0 Å². The molecule has 3 rings (SSSR count). The van der Waals surface area contributed by atoms with Gasteiger partial charge in [0.25, 0.3) is 0 Å². The molecular weight excluding hydrogens is 260 g/mol. The lowest BCUT2D eigenvalue weighted by Gasteiger charge is -2.20. The standard InChI is InChI=1S/C16H19ClO2/c1-19-13-4-5-14(15(17)9-13)16(18)8-12-7-10-2-3-11(12)6-10/h4-5,9-12H,2-3,6-8H2,1H3. The summed E-state index contributed by atoms with van der Waals surface area (Å²) in [7, 11) is 1.60. The van der Waals surface area contributed by atoms with Gasteiger partial charge in [0.2, 0.25) is 0 Å². The third-order valence-electron chi connectivity index (χ3n) is 4.81. The van der Waals surface area contributed by atoms with Gasteiger partial charge in [-0.1, -0.05) is 18.0 Å². The Morgan fingerprint density at radius 2 is 2.21 bits per heavy atom. The smallest absolute Gasteiger partial charge is 0.164 e. The summed E-state index contributed by atoms with van der Waals surface area (Å²) in [6.07, 6.45) is 5.93. The number of hydrogen-bond acceptors (Lipinski definition) is 2. The van der Waals surface area contributed by atoms with Crippen molar-refractivity contribution >= 4 is 17.4 Å². The van der Waals surface area contributed by atoms with Crippen molar-refractivity contribution in [3.8, 4) is 5.75 Å². The van der Waals surface area contributed by atoms with Crippen LogP contribution >= 0.6 is 11.6 Å². The maximum atomic E-state index is 12.4. The monoisotopic (exact) mass is 278 g/mol. The predicted octanol–water partition coefficient (Wildman–Crippen LogP) is 4.36. The molecule has 2 nitrogen and oxygen atoms in total. The molecular formula is C16H19ClO2. The van der Waals surface area contributed by atoms with E-state index < -0.39 is 0 Å². The van der Waals surface area contributed by atoms with Crippen LogP contribution in [0.1, 0.15) is 42.5 Å². The molecule has 3 atom stereocenters. The van der Waals surface area contributed by atoms with Crippen LogP contribution in [0.2, 0.25) is 5.02 Å². The molecule has 0 radical (unpaired) electrons. The van der Waals surface area contributed by atoms with Crippen LogP contribution in [0.15, 0.2) is 18.2 Å². The third-order valence-corrected chi connectivity index (χ3v) is 5.12. The van der Waals surface area contributed by atoms with E-state index in [2.05, 4.69) is 0 Å². The highest BCUT2D eigenvalue weighted by Crippen LogP contribution is 2.49. The van der Waals surface area contributed by atoms with Crippen molar-refractivity contribution in [3.05, 3.63) is 28.8 Å². The Hall–Kier alpha value is -1.02. The van der Waals surface area contributed by atoms with E-state index in [1.54, 1.807) is 25.3 Å². The molecule has 0 heterocycles. The average Bonchev–Trinajstić information content (AvgIpc) is 3.00. The molecule has 0 N–H and O–H groups in total. The second kappa shape index (κ2) is 5.16. The number of fused-ring (bicyclic) bond motifs is 2. The van der Waals surface area contributed by atoms with Gasteiger partial charge in [-0.3, -0.25) is 4.79 Å². The number of rotatable bonds is 4. The molecule has 2 aliphatic carbocycles. The van der Waals surface area contributed by atoms with Crippen LogP contribution in [-0.4, -0.2) is 12.9 Å². The maximum absolute atomic E-state index is 12.4. The third kappa shape index (κ3) is 2.51. The Morgan fingerprint density at radius 3 is 2.79 bits per heavy atom. The van der Waals surface area contributed by atoms with Crippen LogP contribution < -0.4 is 4.74 Å². The Balaban J connectivity index is 1.70. The van der Waals surface area contributed by atoms with E-state index in [4.69, 9.17) is 16.3 Å². The molecule has 0 spiro atoms. The van der Waals surface area contributed by atoms with E-state index >= 15 is 0 Å². The Labute approximate surface area is 119 Å². The van der Waals surface area contributed by atoms with E-state index in [1.165, 1.54) is 25.7 Å². The van der Waals surface area contributed by atoms with Gasteiger partial charge in [-0.2, -0.15) is 0 Å². The molecule has 1 aromatic carbocycles. The van der Waals surface area contributed by atoms with Crippen molar-refractivity contribution in [2.45, 2.75) is 32.1 Å². The van der Waals surface area contributed by atoms with Crippen LogP contribution in [0.4, 0.5) is 0 Å². The molecule has 0 aromatic heterocycles. The molecule has 19 heavy (non-hydrogen) atoms. The number of ether oxygens (including phenoxy) is 1. The minimum Gasteiger partial charge on any atom is -0.497 e. The van der Waals surface area contributed by atoms with Crippen molar-refractivity contribution in [1.29, 1.82) is 0 Å². The van der Waals surface area contributed by atoms with Gasteiger partial charge in [0.15, 0.2) is 5.78 Å². The van der Waals surface area contributed by atoms with Crippen molar-refractivity contribution in [2.24, 2.45) is 17.8 Å². The summed E-state index contributed by atoms with van der Waals surface area (Å²) in [4.78, 5) is 12.4. The number of halogens is 1. The van der Waals surface area contributed by atoms with Crippen LogP contribution in [0.3, 0.4) is 0 Å². The second-order valence-electron chi connectivity index (χ2n) is 5.91. The van der Waals surface area contributed by atoms with Gasteiger partial charge in [-0.25, -0.2) is 0 Å². The second-order valence-corrected chi connectivity index (χ2v) is 6.32. The van der Waals surface area contributed by atoms with Crippen molar-refractivity contribution in [2.75, 3.05) is 7.11 Å². The predicted molar refractivity (Wildman–Crippen MR) is 75.9 cm³/mol. The number of benzene rings is 1. The highest BCUT2D eigenvalue weighted by molar-refractivity contribution is 6.34. The molecule has 3 unspecified atom stereocenters. The lowest BCUT2D eigenvalue weighted by Crippen LogP contribution is -2.15. The SMILES string of the molecule is COc1ccc(C(=O)CC2CC3CCC2C3)c(Cl)c1. The Bertz CT molecular complexity index is 498. The average molecular weight is 279 g/mol. The minimum absolute atomic E-state index is 0.185. The summed E-state index contributed by atoms with van der Waals surface area (Å²) in [6.45, 7) is 0. The van der Waals surface area contributed by atoms with Gasteiger partial charge in [-0.05, 0) is 55.2 Å². The maximum Gasteiger partial charge on any atom is 0.164 e. The summed E-state index contributed by atoms with van der Waals surface area (Å²) in [5, 5.41) is 0.507. The fraction of sp³-hybridized carbons (Fsp3) is 0.562. The number of ketones is 1. The topological polar surface area (TPSA) is 26.3 Å². The first-order chi connectivity index (χ1) is 9.17. The molecule has 0 amide bonds. The van der Waals surface area contributed by atoms with E-state index in [9.17, 15) is 4.79 Å². The molecule has 2 aliphatic rings. The van der Waals surface area contributed by atoms with Gasteiger partial charge in [0.05, 0.1) is 12.1 Å². The molecule has 1 aromatic rings. The molecule has 0 saturated heterocycles. The lowest BCUT2D eigenvalue weighted by molar-refractivity contribution is 0.0944. The highest BCUT2D eigenvalue weighted by Gasteiger charge is 2.40. The number of hydrogen-bond donors (Lipinski definition) is 0.